The van der Waals surface area contributed by atoms with Crippen LogP contribution >= 0.6 is 0 Å². The minimum atomic E-state index is -0.164. The van der Waals surface area contributed by atoms with Gasteiger partial charge in [0.15, 0.2) is 5.78 Å². The summed E-state index contributed by atoms with van der Waals surface area (Å²) in [5.41, 5.74) is 0. The molecule has 0 N–H and O–H groups in total. The molecule has 1 unspecified atom stereocenters. The molecule has 2 heterocycles. The van der Waals surface area contributed by atoms with E-state index in [0.717, 1.165) is 6.42 Å². The molecule has 2 aliphatic rings. The predicted octanol–water partition coefficient (Wildman–Crippen LogP) is 0.203. The molecule has 4 amide bonds. The number of hydrogen-bond acceptors (Lipinski definition) is 6. The third-order valence-electron chi connectivity index (χ3n) is 5.75. The van der Waals surface area contributed by atoms with Crippen LogP contribution in [0.15, 0.2) is 0 Å². The standard InChI is InChI=1S/C21H36N4O6.V/c1-4-17(3)31-16-20(28)23-8-12-25(13-9-23)21(29)24-10-6-22(7-11-24)19(27)15-30-14-18(26)5-2;/h17H,4-16H2,1-3H3;. The molecule has 0 aliphatic carbocycles. The van der Waals surface area contributed by atoms with Crippen molar-refractivity contribution in [2.24, 2.45) is 0 Å². The van der Waals surface area contributed by atoms with Gasteiger partial charge in [-0.1, -0.05) is 13.8 Å². The Balaban J connectivity index is 0.00000512. The minimum absolute atomic E-state index is 0. The van der Waals surface area contributed by atoms with E-state index in [2.05, 4.69) is 0 Å². The Kier molecular flexibility index (Phi) is 12.9. The summed E-state index contributed by atoms with van der Waals surface area (Å²) in [5, 5.41) is 0. The first-order valence-electron chi connectivity index (χ1n) is 11.2. The Morgan fingerprint density at radius 3 is 1.59 bits per heavy atom. The van der Waals surface area contributed by atoms with Gasteiger partial charge < -0.3 is 29.1 Å². The predicted molar refractivity (Wildman–Crippen MR) is 114 cm³/mol. The second-order valence-corrected chi connectivity index (χ2v) is 7.93. The van der Waals surface area contributed by atoms with Gasteiger partial charge in [0, 0.05) is 77.3 Å². The summed E-state index contributed by atoms with van der Waals surface area (Å²) in [4.78, 5) is 55.4. The molecule has 2 aliphatic heterocycles. The Hall–Kier alpha value is -1.62. The second kappa shape index (κ2) is 14.5. The molecule has 0 spiro atoms. The summed E-state index contributed by atoms with van der Waals surface area (Å²) >= 11 is 0. The van der Waals surface area contributed by atoms with Crippen molar-refractivity contribution >= 4 is 23.6 Å². The van der Waals surface area contributed by atoms with E-state index < -0.39 is 0 Å². The van der Waals surface area contributed by atoms with Gasteiger partial charge in [0.2, 0.25) is 11.8 Å². The quantitative estimate of drug-likeness (QED) is 0.457. The Bertz CT molecular complexity index is 634. The fourth-order valence-electron chi connectivity index (χ4n) is 3.36. The monoisotopic (exact) mass is 491 g/mol. The van der Waals surface area contributed by atoms with Crippen LogP contribution in [0.5, 0.6) is 0 Å². The smallest absolute Gasteiger partial charge is 0.320 e. The summed E-state index contributed by atoms with van der Waals surface area (Å²) in [7, 11) is 0. The van der Waals surface area contributed by atoms with Crippen LogP contribution in [-0.2, 0) is 42.4 Å². The maximum atomic E-state index is 12.8. The van der Waals surface area contributed by atoms with Gasteiger partial charge in [0.05, 0.1) is 6.10 Å². The number of ether oxygens (including phenoxy) is 2. The number of ketones is 1. The van der Waals surface area contributed by atoms with Crippen molar-refractivity contribution in [1.29, 1.82) is 0 Å². The van der Waals surface area contributed by atoms with Crippen molar-refractivity contribution in [3.05, 3.63) is 0 Å². The molecule has 11 heteroatoms. The van der Waals surface area contributed by atoms with Crippen LogP contribution in [0, 0.1) is 0 Å². The SMILES string of the molecule is CCC(=O)COCC(=O)N1CCN(C(=O)N2CCN(C(=O)COC(C)CC)CC2)CC1.[V]. The van der Waals surface area contributed by atoms with E-state index in [1.54, 1.807) is 26.5 Å². The van der Waals surface area contributed by atoms with Gasteiger partial charge >= 0.3 is 6.03 Å². The zero-order valence-electron chi connectivity index (χ0n) is 19.5. The molecule has 1 atom stereocenters. The van der Waals surface area contributed by atoms with Gasteiger partial charge in [0.25, 0.3) is 0 Å². The number of hydrogen-bond donors (Lipinski definition) is 0. The minimum Gasteiger partial charge on any atom is -0.369 e. The van der Waals surface area contributed by atoms with E-state index in [1.807, 2.05) is 13.8 Å². The summed E-state index contributed by atoms with van der Waals surface area (Å²) in [6.07, 6.45) is 1.31. The second-order valence-electron chi connectivity index (χ2n) is 7.93. The van der Waals surface area contributed by atoms with Crippen LogP contribution < -0.4 is 0 Å². The van der Waals surface area contributed by atoms with Crippen molar-refractivity contribution in [2.45, 2.75) is 39.7 Å². The molecular formula is C21H36N4O6V. The summed E-state index contributed by atoms with van der Waals surface area (Å²) in [6, 6.07) is -0.0557. The molecule has 0 aromatic carbocycles. The first kappa shape index (κ1) is 28.4. The summed E-state index contributed by atoms with van der Waals surface area (Å²) in [6.45, 7) is 9.42. The van der Waals surface area contributed by atoms with Crippen LogP contribution in [0.1, 0.15) is 33.6 Å². The Morgan fingerprint density at radius 1 is 0.719 bits per heavy atom. The number of amides is 4. The molecule has 0 aromatic rings. The van der Waals surface area contributed by atoms with E-state index in [9.17, 15) is 19.2 Å². The molecule has 0 saturated carbocycles. The number of carbonyl (C=O) groups excluding carboxylic acids is 4. The average Bonchev–Trinajstić information content (AvgIpc) is 2.81. The van der Waals surface area contributed by atoms with Gasteiger partial charge in [0.1, 0.15) is 19.8 Å². The third-order valence-corrected chi connectivity index (χ3v) is 5.75. The van der Waals surface area contributed by atoms with E-state index in [4.69, 9.17) is 9.47 Å². The van der Waals surface area contributed by atoms with Gasteiger partial charge in [-0.15, -0.1) is 0 Å². The van der Waals surface area contributed by atoms with Crippen LogP contribution in [0.4, 0.5) is 4.79 Å². The average molecular weight is 491 g/mol. The van der Waals surface area contributed by atoms with Crippen molar-refractivity contribution in [3.8, 4) is 0 Å². The van der Waals surface area contributed by atoms with Crippen LogP contribution in [0.2, 0.25) is 0 Å². The van der Waals surface area contributed by atoms with Crippen molar-refractivity contribution < 1.29 is 47.2 Å². The number of nitrogens with zero attached hydrogens (tertiary/aromatic N) is 4. The molecule has 0 bridgehead atoms. The van der Waals surface area contributed by atoms with Crippen LogP contribution in [-0.4, -0.2) is 122 Å². The first-order chi connectivity index (χ1) is 14.8. The molecule has 2 rings (SSSR count). The zero-order valence-corrected chi connectivity index (χ0v) is 20.9. The molecule has 10 nitrogen and oxygen atoms in total. The van der Waals surface area contributed by atoms with E-state index in [-0.39, 0.29) is 68.1 Å². The van der Waals surface area contributed by atoms with Crippen molar-refractivity contribution in [1.82, 2.24) is 19.6 Å². The van der Waals surface area contributed by atoms with Gasteiger partial charge in [-0.3, -0.25) is 14.4 Å². The number of carbonyl (C=O) groups is 4. The summed E-state index contributed by atoms with van der Waals surface area (Å²) < 4.78 is 10.7. The van der Waals surface area contributed by atoms with Crippen LogP contribution in [0.3, 0.4) is 0 Å². The molecule has 32 heavy (non-hydrogen) atoms. The van der Waals surface area contributed by atoms with E-state index >= 15 is 0 Å². The van der Waals surface area contributed by atoms with E-state index in [0.29, 0.717) is 58.8 Å². The number of piperazine rings is 2. The molecule has 2 saturated heterocycles. The maximum Gasteiger partial charge on any atom is 0.320 e. The first-order valence-corrected chi connectivity index (χ1v) is 11.2. The van der Waals surface area contributed by atoms with Gasteiger partial charge in [-0.2, -0.15) is 0 Å². The number of Topliss-reactive ketones (excluding diaryl/α,β-unsaturated/α-hetero) is 1. The molecule has 181 valence electrons. The van der Waals surface area contributed by atoms with Gasteiger partial charge in [-0.05, 0) is 13.3 Å². The molecular weight excluding hydrogens is 455 g/mol. The van der Waals surface area contributed by atoms with Crippen LogP contribution in [0.25, 0.3) is 0 Å². The number of urea groups is 1. The van der Waals surface area contributed by atoms with Crippen molar-refractivity contribution in [3.63, 3.8) is 0 Å². The third kappa shape index (κ3) is 8.73. The molecule has 1 radical (unpaired) electrons. The molecule has 0 aromatic heterocycles. The fourth-order valence-corrected chi connectivity index (χ4v) is 3.36. The summed E-state index contributed by atoms with van der Waals surface area (Å²) in [5.74, 6) is -0.238. The normalized spacial score (nSPS) is 17.6. The fraction of sp³-hybridized carbons (Fsp3) is 0.810. The van der Waals surface area contributed by atoms with E-state index in [1.165, 1.54) is 0 Å². The topological polar surface area (TPSA) is 99.7 Å². The zero-order chi connectivity index (χ0) is 22.8. The Morgan fingerprint density at radius 2 is 1.16 bits per heavy atom. The van der Waals surface area contributed by atoms with Crippen molar-refractivity contribution in [2.75, 3.05) is 72.2 Å². The van der Waals surface area contributed by atoms with Gasteiger partial charge in [-0.25, -0.2) is 4.79 Å². The Labute approximate surface area is 202 Å². The molecule has 2 fully saturated rings. The largest absolute Gasteiger partial charge is 0.369 e. The number of rotatable bonds is 9. The maximum absolute atomic E-state index is 12.8.